The second kappa shape index (κ2) is 9.01. The number of aryl methyl sites for hydroxylation is 2. The molecule has 162 valence electrons. The van der Waals surface area contributed by atoms with E-state index in [-0.39, 0.29) is 5.92 Å². The molecule has 0 amide bonds. The van der Waals surface area contributed by atoms with Gasteiger partial charge in [0.1, 0.15) is 0 Å². The first-order valence-electron chi connectivity index (χ1n) is 10.6. The third-order valence-electron chi connectivity index (χ3n) is 5.74. The minimum absolute atomic E-state index is 0.0908. The molecule has 1 N–H and O–H groups in total. The van der Waals surface area contributed by atoms with Crippen molar-refractivity contribution in [3.63, 3.8) is 0 Å². The van der Waals surface area contributed by atoms with Gasteiger partial charge in [-0.3, -0.25) is 4.98 Å². The number of hydrogen-bond donors (Lipinski definition) is 1. The van der Waals surface area contributed by atoms with Crippen LogP contribution in [0.2, 0.25) is 0 Å². The molecule has 0 spiro atoms. The Morgan fingerprint density at radius 1 is 1.00 bits per heavy atom. The largest absolute Gasteiger partial charge is 0.379 e. The van der Waals surface area contributed by atoms with E-state index in [1.165, 1.54) is 5.56 Å². The lowest BCUT2D eigenvalue weighted by atomic mass is 9.95. The Labute approximate surface area is 179 Å². The number of morpholine rings is 1. The summed E-state index contributed by atoms with van der Waals surface area (Å²) in [5, 5.41) is 3.45. The molecule has 7 nitrogen and oxygen atoms in total. The number of nitrogens with one attached hydrogen (secondary N) is 1. The lowest BCUT2D eigenvalue weighted by Crippen LogP contribution is -2.51. The maximum atomic E-state index is 13.1. The third kappa shape index (κ3) is 4.83. The molecule has 2 fully saturated rings. The average molecular weight is 431 g/mol. The number of hydrogen-bond acceptors (Lipinski definition) is 5. The van der Waals surface area contributed by atoms with Crippen molar-refractivity contribution >= 4 is 21.6 Å². The summed E-state index contributed by atoms with van der Waals surface area (Å²) in [5.74, 6) is 0.0908. The van der Waals surface area contributed by atoms with Gasteiger partial charge in [-0.1, -0.05) is 17.7 Å². The normalized spacial score (nSPS) is 21.5. The number of piperidine rings is 1. The van der Waals surface area contributed by atoms with Crippen molar-refractivity contribution in [1.82, 2.24) is 13.6 Å². The summed E-state index contributed by atoms with van der Waals surface area (Å²) in [6, 6.07) is 12.3. The topological polar surface area (TPSA) is 74.8 Å². The van der Waals surface area contributed by atoms with Crippen molar-refractivity contribution in [2.24, 2.45) is 0 Å². The smallest absolute Gasteiger partial charge is 0.282 e. The van der Waals surface area contributed by atoms with Gasteiger partial charge in [-0.05, 0) is 51.0 Å². The molecular weight excluding hydrogens is 400 g/mol. The minimum Gasteiger partial charge on any atom is -0.379 e. The van der Waals surface area contributed by atoms with E-state index in [0.29, 0.717) is 39.4 Å². The first kappa shape index (κ1) is 21.2. The van der Waals surface area contributed by atoms with E-state index in [2.05, 4.69) is 42.6 Å². The van der Waals surface area contributed by atoms with Gasteiger partial charge in [0, 0.05) is 54.9 Å². The minimum atomic E-state index is -3.46. The fourth-order valence-corrected chi connectivity index (χ4v) is 5.78. The van der Waals surface area contributed by atoms with Gasteiger partial charge in [-0.25, -0.2) is 0 Å². The average Bonchev–Trinajstić information content (AvgIpc) is 2.76. The van der Waals surface area contributed by atoms with Crippen molar-refractivity contribution in [3.05, 3.63) is 53.3 Å². The molecule has 4 rings (SSSR count). The van der Waals surface area contributed by atoms with Gasteiger partial charge < -0.3 is 10.1 Å². The van der Waals surface area contributed by atoms with Gasteiger partial charge in [0.05, 0.1) is 13.2 Å². The number of anilines is 2. The SMILES string of the molecule is Cc1ccc(Nc2cc(C)nc([C@@H]3CCCN(S(=O)(=O)N4CCOCC4)C3)c2)cc1. The molecule has 2 aliphatic rings. The molecule has 8 heteroatoms. The summed E-state index contributed by atoms with van der Waals surface area (Å²) in [6.07, 6.45) is 1.78. The van der Waals surface area contributed by atoms with E-state index in [0.717, 1.165) is 35.6 Å². The molecule has 1 aromatic carbocycles. The molecular formula is C22H30N4O3S. The van der Waals surface area contributed by atoms with E-state index in [1.807, 2.05) is 13.0 Å². The Hall–Kier alpha value is -2.00. The summed E-state index contributed by atoms with van der Waals surface area (Å²) in [4.78, 5) is 4.75. The number of ether oxygens (including phenoxy) is 1. The Balaban J connectivity index is 1.51. The zero-order valence-corrected chi connectivity index (χ0v) is 18.5. The third-order valence-corrected chi connectivity index (χ3v) is 7.74. The van der Waals surface area contributed by atoms with Gasteiger partial charge in [0.2, 0.25) is 0 Å². The fraction of sp³-hybridized carbons (Fsp3) is 0.500. The fourth-order valence-electron chi connectivity index (χ4n) is 4.11. The van der Waals surface area contributed by atoms with Gasteiger partial charge in [-0.15, -0.1) is 0 Å². The van der Waals surface area contributed by atoms with Crippen LogP contribution in [-0.2, 0) is 14.9 Å². The van der Waals surface area contributed by atoms with Crippen molar-refractivity contribution in [1.29, 1.82) is 0 Å². The lowest BCUT2D eigenvalue weighted by Gasteiger charge is -2.36. The maximum Gasteiger partial charge on any atom is 0.282 e. The second-order valence-corrected chi connectivity index (χ2v) is 10.1. The van der Waals surface area contributed by atoms with E-state index >= 15 is 0 Å². The highest BCUT2D eigenvalue weighted by Crippen LogP contribution is 2.30. The van der Waals surface area contributed by atoms with Gasteiger partial charge in [0.25, 0.3) is 10.2 Å². The van der Waals surface area contributed by atoms with Crippen LogP contribution in [0.25, 0.3) is 0 Å². The van der Waals surface area contributed by atoms with Crippen LogP contribution < -0.4 is 5.32 Å². The van der Waals surface area contributed by atoms with Gasteiger partial charge >= 0.3 is 0 Å². The molecule has 30 heavy (non-hydrogen) atoms. The molecule has 2 aromatic rings. The van der Waals surface area contributed by atoms with Crippen molar-refractivity contribution in [2.75, 3.05) is 44.7 Å². The van der Waals surface area contributed by atoms with Crippen molar-refractivity contribution in [3.8, 4) is 0 Å². The molecule has 2 saturated heterocycles. The monoisotopic (exact) mass is 430 g/mol. The molecule has 2 aliphatic heterocycles. The Morgan fingerprint density at radius 2 is 1.73 bits per heavy atom. The zero-order chi connectivity index (χ0) is 21.1. The summed E-state index contributed by atoms with van der Waals surface area (Å²) in [6.45, 7) is 6.87. The first-order chi connectivity index (χ1) is 14.4. The predicted octanol–water partition coefficient (Wildman–Crippen LogP) is 3.20. The molecule has 3 heterocycles. The standard InChI is InChI=1S/C22H30N4O3S/c1-17-5-7-20(8-6-17)24-21-14-18(2)23-22(15-21)19-4-3-9-26(16-19)30(27,28)25-10-12-29-13-11-25/h5-8,14-15,19H,3-4,9-13,16H2,1-2H3,(H,23,24)/t19-/m1/s1. The number of pyridine rings is 1. The van der Waals surface area contributed by atoms with E-state index in [9.17, 15) is 8.42 Å². The summed E-state index contributed by atoms with van der Waals surface area (Å²) in [5.41, 5.74) is 5.10. The van der Waals surface area contributed by atoms with E-state index < -0.39 is 10.2 Å². The molecule has 1 atom stereocenters. The van der Waals surface area contributed by atoms with Crippen LogP contribution >= 0.6 is 0 Å². The van der Waals surface area contributed by atoms with Gasteiger partial charge in [-0.2, -0.15) is 17.0 Å². The number of benzene rings is 1. The van der Waals surface area contributed by atoms with Crippen LogP contribution in [0.5, 0.6) is 0 Å². The second-order valence-electron chi connectivity index (χ2n) is 8.13. The summed E-state index contributed by atoms with van der Waals surface area (Å²) in [7, 11) is -3.46. The molecule has 1 aromatic heterocycles. The number of rotatable bonds is 5. The molecule has 0 radical (unpaired) electrons. The van der Waals surface area contributed by atoms with E-state index in [1.54, 1.807) is 8.61 Å². The van der Waals surface area contributed by atoms with Crippen molar-refractivity contribution in [2.45, 2.75) is 32.6 Å². The van der Waals surface area contributed by atoms with Crippen LogP contribution in [-0.4, -0.2) is 61.4 Å². The Bertz CT molecular complexity index is 972. The van der Waals surface area contributed by atoms with Crippen LogP contribution in [0.3, 0.4) is 0 Å². The molecule has 0 aliphatic carbocycles. The summed E-state index contributed by atoms with van der Waals surface area (Å²) < 4.78 is 34.7. The van der Waals surface area contributed by atoms with Crippen LogP contribution in [0, 0.1) is 13.8 Å². The number of aromatic nitrogens is 1. The van der Waals surface area contributed by atoms with Crippen LogP contribution in [0.4, 0.5) is 11.4 Å². The number of nitrogens with zero attached hydrogens (tertiary/aromatic N) is 3. The highest BCUT2D eigenvalue weighted by atomic mass is 32.2. The Kier molecular flexibility index (Phi) is 6.38. The van der Waals surface area contributed by atoms with Crippen LogP contribution in [0.1, 0.15) is 35.7 Å². The zero-order valence-electron chi connectivity index (χ0n) is 17.7. The lowest BCUT2D eigenvalue weighted by molar-refractivity contribution is 0.0695. The highest BCUT2D eigenvalue weighted by molar-refractivity contribution is 7.86. The van der Waals surface area contributed by atoms with Gasteiger partial charge in [0.15, 0.2) is 0 Å². The molecule has 0 saturated carbocycles. The first-order valence-corrected chi connectivity index (χ1v) is 12.0. The van der Waals surface area contributed by atoms with E-state index in [4.69, 9.17) is 9.72 Å². The summed E-state index contributed by atoms with van der Waals surface area (Å²) >= 11 is 0. The van der Waals surface area contributed by atoms with Crippen molar-refractivity contribution < 1.29 is 13.2 Å². The Morgan fingerprint density at radius 3 is 2.47 bits per heavy atom. The molecule has 0 bridgehead atoms. The predicted molar refractivity (Wildman–Crippen MR) is 118 cm³/mol. The molecule has 0 unspecified atom stereocenters. The maximum absolute atomic E-state index is 13.1. The highest BCUT2D eigenvalue weighted by Gasteiger charge is 2.35. The quantitative estimate of drug-likeness (QED) is 0.789. The van der Waals surface area contributed by atoms with Crippen LogP contribution in [0.15, 0.2) is 36.4 Å².